The van der Waals surface area contributed by atoms with Crippen molar-refractivity contribution in [3.8, 4) is 0 Å². The lowest BCUT2D eigenvalue weighted by atomic mass is 9.99. The molecule has 1 aliphatic rings. The molecule has 44 heavy (non-hydrogen) atoms. The Balaban J connectivity index is 0.00000141. The summed E-state index contributed by atoms with van der Waals surface area (Å²) in [6.45, 7) is 5.10. The monoisotopic (exact) mass is 620 g/mol. The topological polar surface area (TPSA) is 141 Å². The number of sulfonamides is 1. The molecule has 5 rings (SSSR count). The fraction of sp³-hybridized carbons (Fsp3) is 0.333. The van der Waals surface area contributed by atoms with Gasteiger partial charge in [0.05, 0.1) is 29.1 Å². The summed E-state index contributed by atoms with van der Waals surface area (Å²) in [6.07, 6.45) is 2.34. The van der Waals surface area contributed by atoms with E-state index in [1.54, 1.807) is 13.1 Å². The number of carbonyl (C=O) groups is 2. The number of anilines is 1. The van der Waals surface area contributed by atoms with Crippen molar-refractivity contribution in [2.24, 2.45) is 0 Å². The molecule has 0 fully saturated rings. The van der Waals surface area contributed by atoms with Gasteiger partial charge in [0, 0.05) is 43.8 Å². The number of carbonyl (C=O) groups excluding carboxylic acids is 1. The Bertz CT molecular complexity index is 1690. The van der Waals surface area contributed by atoms with E-state index in [-0.39, 0.29) is 18.1 Å². The van der Waals surface area contributed by atoms with Crippen LogP contribution in [0.1, 0.15) is 39.5 Å². The van der Waals surface area contributed by atoms with Gasteiger partial charge in [-0.15, -0.1) is 0 Å². The zero-order valence-electron chi connectivity index (χ0n) is 25.2. The van der Waals surface area contributed by atoms with Crippen molar-refractivity contribution in [3.05, 3.63) is 101 Å². The van der Waals surface area contributed by atoms with Crippen LogP contribution in [0.3, 0.4) is 0 Å². The van der Waals surface area contributed by atoms with Gasteiger partial charge in [-0.3, -0.25) is 13.9 Å². The molecule has 4 N–H and O–H groups in total. The maximum Gasteiger partial charge on any atom is 0.290 e. The Labute approximate surface area is 258 Å². The van der Waals surface area contributed by atoms with Crippen LogP contribution in [0.15, 0.2) is 72.9 Å². The molecule has 234 valence electrons. The highest BCUT2D eigenvalue weighted by molar-refractivity contribution is 7.92. The summed E-state index contributed by atoms with van der Waals surface area (Å²) in [5.74, 6) is -0.361. The average molecular weight is 621 g/mol. The van der Waals surface area contributed by atoms with Crippen molar-refractivity contribution in [2.45, 2.75) is 51.9 Å². The van der Waals surface area contributed by atoms with E-state index in [1.165, 1.54) is 9.87 Å². The third-order valence-corrected chi connectivity index (χ3v) is 9.64. The predicted octanol–water partition coefficient (Wildman–Crippen LogP) is 3.48. The minimum Gasteiger partial charge on any atom is -0.483 e. The summed E-state index contributed by atoms with van der Waals surface area (Å²) < 4.78 is 29.1. The SMILES string of the molecule is CCc1cn2c3c(cc(C(=O)N[C@@H](Cc4ccccc4)[C@H](O)CNCc4ccc(C)cc4)cc13)N(C)S(=O)(=O)CC2.O=CO. The highest BCUT2D eigenvalue weighted by Gasteiger charge is 2.29. The molecule has 0 radical (unpaired) electrons. The third-order valence-electron chi connectivity index (χ3n) is 7.91. The van der Waals surface area contributed by atoms with Crippen LogP contribution in [-0.2, 0) is 40.7 Å². The molecular weight excluding hydrogens is 580 g/mol. The van der Waals surface area contributed by atoms with Crippen LogP contribution >= 0.6 is 0 Å². The number of nitrogens with zero attached hydrogens (tertiary/aromatic N) is 2. The van der Waals surface area contributed by atoms with Crippen molar-refractivity contribution in [3.63, 3.8) is 0 Å². The van der Waals surface area contributed by atoms with Crippen molar-refractivity contribution < 1.29 is 28.2 Å². The predicted molar refractivity (Wildman–Crippen MR) is 172 cm³/mol. The maximum absolute atomic E-state index is 13.7. The lowest BCUT2D eigenvalue weighted by Gasteiger charge is -2.25. The summed E-state index contributed by atoms with van der Waals surface area (Å²) in [5, 5.41) is 25.4. The second-order valence-electron chi connectivity index (χ2n) is 10.9. The Kier molecular flexibility index (Phi) is 10.8. The first kappa shape index (κ1) is 32.7. The Morgan fingerprint density at radius 3 is 2.41 bits per heavy atom. The molecule has 2 heterocycles. The number of aromatic nitrogens is 1. The fourth-order valence-electron chi connectivity index (χ4n) is 5.43. The minimum atomic E-state index is -3.52. The van der Waals surface area contributed by atoms with E-state index >= 15 is 0 Å². The molecule has 2 atom stereocenters. The van der Waals surface area contributed by atoms with Gasteiger partial charge < -0.3 is 25.4 Å². The lowest BCUT2D eigenvalue weighted by Crippen LogP contribution is -2.48. The van der Waals surface area contributed by atoms with Gasteiger partial charge in [-0.2, -0.15) is 0 Å². The highest BCUT2D eigenvalue weighted by atomic mass is 32.2. The molecule has 0 bridgehead atoms. The summed E-state index contributed by atoms with van der Waals surface area (Å²) in [4.78, 5) is 22.1. The van der Waals surface area contributed by atoms with Crippen LogP contribution in [0.2, 0.25) is 0 Å². The molecule has 10 nitrogen and oxygen atoms in total. The number of hydrogen-bond donors (Lipinski definition) is 4. The Morgan fingerprint density at radius 1 is 1.07 bits per heavy atom. The zero-order chi connectivity index (χ0) is 31.9. The van der Waals surface area contributed by atoms with Crippen LogP contribution in [0.25, 0.3) is 10.9 Å². The molecule has 1 aliphatic heterocycles. The molecule has 0 saturated carbocycles. The van der Waals surface area contributed by atoms with Crippen LogP contribution < -0.4 is 14.9 Å². The van der Waals surface area contributed by atoms with E-state index in [2.05, 4.69) is 34.9 Å². The number of rotatable bonds is 10. The Morgan fingerprint density at radius 2 is 1.75 bits per heavy atom. The second-order valence-corrected chi connectivity index (χ2v) is 13.1. The summed E-state index contributed by atoms with van der Waals surface area (Å²) >= 11 is 0. The van der Waals surface area contributed by atoms with Gasteiger partial charge in [-0.1, -0.05) is 67.1 Å². The Hall–Kier alpha value is -4.19. The molecule has 0 saturated heterocycles. The van der Waals surface area contributed by atoms with Gasteiger partial charge in [0.25, 0.3) is 12.4 Å². The van der Waals surface area contributed by atoms with Crippen LogP contribution in [0.4, 0.5) is 5.69 Å². The standard InChI is InChI=1S/C32H38N4O4S.CH2O2/c1-4-25-21-36-14-15-41(39,40)35(3)29-18-26(17-27(25)31(29)36)32(38)34-28(16-23-8-6-5-7-9-23)30(37)20-33-19-24-12-10-22(2)11-13-24;2-1-3/h5-13,17-18,21,28,30,33,37H,4,14-16,19-20H2,1-3H3,(H,34,38);1H,(H,2,3)/t28-,30+;/m0./s1. The highest BCUT2D eigenvalue weighted by Crippen LogP contribution is 2.35. The van der Waals surface area contributed by atoms with E-state index < -0.39 is 22.2 Å². The third kappa shape index (κ3) is 7.65. The van der Waals surface area contributed by atoms with Crippen molar-refractivity contribution in [1.82, 2.24) is 15.2 Å². The number of amides is 1. The van der Waals surface area contributed by atoms with E-state index in [1.807, 2.05) is 61.0 Å². The average Bonchev–Trinajstić information content (AvgIpc) is 3.34. The normalized spacial score (nSPS) is 15.0. The number of aliphatic hydroxyl groups is 1. The van der Waals surface area contributed by atoms with Crippen LogP contribution in [0.5, 0.6) is 0 Å². The number of carboxylic acid groups (broad SMARTS) is 1. The first-order valence-electron chi connectivity index (χ1n) is 14.6. The smallest absolute Gasteiger partial charge is 0.290 e. The maximum atomic E-state index is 13.7. The van der Waals surface area contributed by atoms with Gasteiger partial charge in [0.15, 0.2) is 0 Å². The van der Waals surface area contributed by atoms with Gasteiger partial charge in [0.1, 0.15) is 0 Å². The quantitative estimate of drug-likeness (QED) is 0.199. The van der Waals surface area contributed by atoms with E-state index in [4.69, 9.17) is 9.90 Å². The molecule has 0 aliphatic carbocycles. The van der Waals surface area contributed by atoms with Crippen molar-refractivity contribution >= 4 is 39.0 Å². The second kappa shape index (κ2) is 14.5. The molecule has 4 aromatic rings. The number of nitrogens with one attached hydrogen (secondary N) is 2. The molecule has 11 heteroatoms. The molecule has 3 aromatic carbocycles. The number of hydrogen-bond acceptors (Lipinski definition) is 6. The molecule has 0 spiro atoms. The number of benzene rings is 3. The van der Waals surface area contributed by atoms with E-state index in [0.717, 1.165) is 34.0 Å². The largest absolute Gasteiger partial charge is 0.483 e. The minimum absolute atomic E-state index is 0.00637. The van der Waals surface area contributed by atoms with Crippen LogP contribution in [-0.4, -0.2) is 67.1 Å². The first-order chi connectivity index (χ1) is 21.1. The first-order valence-corrected chi connectivity index (χ1v) is 16.2. The van der Waals surface area contributed by atoms with Gasteiger partial charge in [-0.25, -0.2) is 8.42 Å². The number of aliphatic hydroxyl groups excluding tert-OH is 1. The summed E-state index contributed by atoms with van der Waals surface area (Å²) in [7, 11) is -1.98. The van der Waals surface area contributed by atoms with Gasteiger partial charge in [-0.05, 0) is 48.6 Å². The van der Waals surface area contributed by atoms with Crippen LogP contribution in [0, 0.1) is 6.92 Å². The van der Waals surface area contributed by atoms with Gasteiger partial charge >= 0.3 is 0 Å². The molecule has 1 amide bonds. The van der Waals surface area contributed by atoms with Gasteiger partial charge in [0.2, 0.25) is 10.0 Å². The fourth-order valence-corrected chi connectivity index (χ4v) is 6.57. The molecular formula is C33H40N4O6S. The molecule has 1 aromatic heterocycles. The molecule has 0 unspecified atom stereocenters. The number of aryl methyl sites for hydroxylation is 3. The van der Waals surface area contributed by atoms with E-state index in [0.29, 0.717) is 37.3 Å². The lowest BCUT2D eigenvalue weighted by molar-refractivity contribution is -0.122. The van der Waals surface area contributed by atoms with Crippen molar-refractivity contribution in [1.29, 1.82) is 0 Å². The van der Waals surface area contributed by atoms with Crippen molar-refractivity contribution in [2.75, 3.05) is 23.7 Å². The summed E-state index contributed by atoms with van der Waals surface area (Å²) in [5.41, 5.74) is 6.03. The zero-order valence-corrected chi connectivity index (χ0v) is 26.0. The van der Waals surface area contributed by atoms with E-state index in [9.17, 15) is 18.3 Å². The summed E-state index contributed by atoms with van der Waals surface area (Å²) in [6, 6.07) is 20.9.